The maximum Gasteiger partial charge on any atom is 0.243 e. The molecule has 0 aliphatic rings. The van der Waals surface area contributed by atoms with Gasteiger partial charge in [0.15, 0.2) is 0 Å². The summed E-state index contributed by atoms with van der Waals surface area (Å²) in [6, 6.07) is 2.33. The van der Waals surface area contributed by atoms with Gasteiger partial charge in [-0.15, -0.1) is 0 Å². The third-order valence-electron chi connectivity index (χ3n) is 3.06. The molecule has 0 amide bonds. The quantitative estimate of drug-likeness (QED) is 0.804. The van der Waals surface area contributed by atoms with E-state index in [9.17, 15) is 12.8 Å². The highest BCUT2D eigenvalue weighted by Crippen LogP contribution is 2.24. The highest BCUT2D eigenvalue weighted by atomic mass is 32.2. The van der Waals surface area contributed by atoms with Crippen LogP contribution in [-0.4, -0.2) is 51.9 Å². The van der Waals surface area contributed by atoms with Crippen molar-refractivity contribution in [2.45, 2.75) is 18.2 Å². The van der Waals surface area contributed by atoms with Gasteiger partial charge < -0.3 is 10.6 Å². The number of sulfonamides is 1. The van der Waals surface area contributed by atoms with Crippen LogP contribution in [0.5, 0.6) is 0 Å². The molecular weight excluding hydrogens is 281 g/mol. The first-order chi connectivity index (χ1) is 9.16. The highest BCUT2D eigenvalue weighted by Gasteiger charge is 2.23. The lowest BCUT2D eigenvalue weighted by atomic mass is 10.2. The second kappa shape index (κ2) is 6.51. The van der Waals surface area contributed by atoms with E-state index in [2.05, 4.69) is 0 Å². The standard InChI is InChI=1S/C13H22FN3O2S/c1-10-8-11(14)12(15)9-13(10)20(18,19)17(4)7-5-6-16(2)3/h8-9H,5-7,15H2,1-4H3. The molecule has 0 saturated carbocycles. The first kappa shape index (κ1) is 16.9. The number of aryl methyl sites for hydroxylation is 1. The van der Waals surface area contributed by atoms with Crippen LogP contribution in [0.2, 0.25) is 0 Å². The molecule has 0 fully saturated rings. The van der Waals surface area contributed by atoms with Crippen LogP contribution in [0.15, 0.2) is 17.0 Å². The van der Waals surface area contributed by atoms with E-state index in [0.717, 1.165) is 19.0 Å². The molecule has 1 aromatic carbocycles. The molecule has 2 N–H and O–H groups in total. The van der Waals surface area contributed by atoms with Crippen LogP contribution in [0.1, 0.15) is 12.0 Å². The molecule has 0 aromatic heterocycles. The lowest BCUT2D eigenvalue weighted by Crippen LogP contribution is -2.30. The molecule has 0 unspecified atom stereocenters. The zero-order chi connectivity index (χ0) is 15.5. The molecule has 0 aliphatic carbocycles. The van der Waals surface area contributed by atoms with E-state index in [4.69, 9.17) is 5.73 Å². The Hall–Kier alpha value is -1.18. The first-order valence-corrected chi connectivity index (χ1v) is 7.77. The van der Waals surface area contributed by atoms with Crippen molar-refractivity contribution in [1.82, 2.24) is 9.21 Å². The molecule has 20 heavy (non-hydrogen) atoms. The first-order valence-electron chi connectivity index (χ1n) is 6.33. The van der Waals surface area contributed by atoms with Crippen molar-refractivity contribution in [3.05, 3.63) is 23.5 Å². The highest BCUT2D eigenvalue weighted by molar-refractivity contribution is 7.89. The number of anilines is 1. The third-order valence-corrected chi connectivity index (χ3v) is 5.06. The molecule has 0 radical (unpaired) electrons. The average molecular weight is 303 g/mol. The molecule has 1 rings (SSSR count). The SMILES string of the molecule is Cc1cc(F)c(N)cc1S(=O)(=O)N(C)CCCN(C)C. The average Bonchev–Trinajstić information content (AvgIpc) is 2.32. The van der Waals surface area contributed by atoms with Crippen LogP contribution in [-0.2, 0) is 10.0 Å². The van der Waals surface area contributed by atoms with E-state index in [-0.39, 0.29) is 10.6 Å². The van der Waals surface area contributed by atoms with Gasteiger partial charge in [0.25, 0.3) is 0 Å². The molecule has 7 heteroatoms. The van der Waals surface area contributed by atoms with Crippen LogP contribution >= 0.6 is 0 Å². The predicted molar refractivity (Wildman–Crippen MR) is 78.5 cm³/mol. The fraction of sp³-hybridized carbons (Fsp3) is 0.538. The van der Waals surface area contributed by atoms with Crippen molar-refractivity contribution < 1.29 is 12.8 Å². The van der Waals surface area contributed by atoms with E-state index in [1.165, 1.54) is 17.4 Å². The number of halogens is 1. The molecule has 0 aliphatic heterocycles. The zero-order valence-corrected chi connectivity index (χ0v) is 13.2. The molecule has 0 spiro atoms. The zero-order valence-electron chi connectivity index (χ0n) is 12.4. The van der Waals surface area contributed by atoms with Gasteiger partial charge in [0.05, 0.1) is 10.6 Å². The van der Waals surface area contributed by atoms with Crippen LogP contribution < -0.4 is 5.73 Å². The van der Waals surface area contributed by atoms with Gasteiger partial charge in [0, 0.05) is 13.6 Å². The summed E-state index contributed by atoms with van der Waals surface area (Å²) in [7, 11) is 1.74. The van der Waals surface area contributed by atoms with Crippen LogP contribution in [0.25, 0.3) is 0 Å². The Balaban J connectivity index is 2.96. The smallest absolute Gasteiger partial charge is 0.243 e. The number of hydrogen-bond donors (Lipinski definition) is 1. The molecule has 0 atom stereocenters. The Labute approximate surface area is 120 Å². The number of nitrogen functional groups attached to an aromatic ring is 1. The van der Waals surface area contributed by atoms with Gasteiger partial charge >= 0.3 is 0 Å². The maximum absolute atomic E-state index is 13.3. The Morgan fingerprint density at radius 3 is 2.35 bits per heavy atom. The van der Waals surface area contributed by atoms with Gasteiger partial charge in [-0.1, -0.05) is 0 Å². The Bertz CT molecular complexity index is 573. The van der Waals surface area contributed by atoms with Crippen molar-refractivity contribution in [1.29, 1.82) is 0 Å². The maximum atomic E-state index is 13.3. The van der Waals surface area contributed by atoms with E-state index < -0.39 is 15.8 Å². The second-order valence-electron chi connectivity index (χ2n) is 5.12. The summed E-state index contributed by atoms with van der Waals surface area (Å²) in [6.07, 6.45) is 0.721. The fourth-order valence-corrected chi connectivity index (χ4v) is 3.29. The van der Waals surface area contributed by atoms with Crippen LogP contribution in [0.3, 0.4) is 0 Å². The molecule has 0 heterocycles. The minimum Gasteiger partial charge on any atom is -0.396 e. The Morgan fingerprint density at radius 2 is 1.80 bits per heavy atom. The molecule has 114 valence electrons. The number of hydrogen-bond acceptors (Lipinski definition) is 4. The summed E-state index contributed by atoms with van der Waals surface area (Å²) < 4.78 is 39.4. The van der Waals surface area contributed by atoms with E-state index in [1.54, 1.807) is 6.92 Å². The second-order valence-corrected chi connectivity index (χ2v) is 7.14. The van der Waals surface area contributed by atoms with Gasteiger partial charge in [-0.05, 0) is 51.7 Å². The van der Waals surface area contributed by atoms with Gasteiger partial charge in [-0.3, -0.25) is 0 Å². The number of nitrogens with zero attached hydrogens (tertiary/aromatic N) is 2. The molecule has 1 aromatic rings. The van der Waals surface area contributed by atoms with Crippen molar-refractivity contribution in [3.63, 3.8) is 0 Å². The van der Waals surface area contributed by atoms with Crippen molar-refractivity contribution >= 4 is 15.7 Å². The Kier molecular flexibility index (Phi) is 5.50. The summed E-state index contributed by atoms with van der Waals surface area (Å²) in [5, 5.41) is 0. The number of nitrogens with two attached hydrogens (primary N) is 1. The third kappa shape index (κ3) is 3.91. The lowest BCUT2D eigenvalue weighted by Gasteiger charge is -2.20. The van der Waals surface area contributed by atoms with E-state index >= 15 is 0 Å². The summed E-state index contributed by atoms with van der Waals surface area (Å²) in [4.78, 5) is 2.05. The van der Waals surface area contributed by atoms with E-state index in [0.29, 0.717) is 12.1 Å². The molecular formula is C13H22FN3O2S. The van der Waals surface area contributed by atoms with Crippen LogP contribution in [0, 0.1) is 12.7 Å². The van der Waals surface area contributed by atoms with Crippen molar-refractivity contribution in [3.8, 4) is 0 Å². The summed E-state index contributed by atoms with van der Waals surface area (Å²) >= 11 is 0. The summed E-state index contributed by atoms with van der Waals surface area (Å²) in [6.45, 7) is 2.75. The summed E-state index contributed by atoms with van der Waals surface area (Å²) in [5.74, 6) is -0.600. The van der Waals surface area contributed by atoms with Gasteiger partial charge in [0.1, 0.15) is 5.82 Å². The lowest BCUT2D eigenvalue weighted by molar-refractivity contribution is 0.370. The monoisotopic (exact) mass is 303 g/mol. The largest absolute Gasteiger partial charge is 0.396 e. The summed E-state index contributed by atoms with van der Waals surface area (Å²) in [5.41, 5.74) is 5.66. The van der Waals surface area contributed by atoms with Crippen molar-refractivity contribution in [2.75, 3.05) is 40.0 Å². The minimum atomic E-state index is -3.64. The van der Waals surface area contributed by atoms with Gasteiger partial charge in [-0.25, -0.2) is 17.1 Å². The Morgan fingerprint density at radius 1 is 1.20 bits per heavy atom. The number of benzene rings is 1. The number of rotatable bonds is 6. The molecule has 5 nitrogen and oxygen atoms in total. The van der Waals surface area contributed by atoms with Gasteiger partial charge in [0.2, 0.25) is 10.0 Å². The molecule has 0 bridgehead atoms. The van der Waals surface area contributed by atoms with Crippen molar-refractivity contribution in [2.24, 2.45) is 0 Å². The molecule has 0 saturated heterocycles. The van der Waals surface area contributed by atoms with Crippen LogP contribution in [0.4, 0.5) is 10.1 Å². The minimum absolute atomic E-state index is 0.0590. The normalized spacial score (nSPS) is 12.3. The predicted octanol–water partition coefficient (Wildman–Crippen LogP) is 1.29. The topological polar surface area (TPSA) is 66.6 Å². The van der Waals surface area contributed by atoms with E-state index in [1.807, 2.05) is 19.0 Å². The fourth-order valence-electron chi connectivity index (χ4n) is 1.84. The van der Waals surface area contributed by atoms with Gasteiger partial charge in [-0.2, -0.15) is 0 Å².